The fraction of sp³-hybridized carbons (Fsp3) is 0.417. The molecule has 0 aliphatic carbocycles. The minimum absolute atomic E-state index is 0.210. The van der Waals surface area contributed by atoms with Gasteiger partial charge < -0.3 is 15.4 Å². The van der Waals surface area contributed by atoms with Crippen molar-refractivity contribution in [1.82, 2.24) is 15.1 Å². The molecule has 2 aromatic rings. The van der Waals surface area contributed by atoms with Crippen molar-refractivity contribution in [2.24, 2.45) is 5.73 Å². The van der Waals surface area contributed by atoms with Crippen LogP contribution in [0.25, 0.3) is 11.5 Å². The van der Waals surface area contributed by atoms with Crippen molar-refractivity contribution in [3.05, 3.63) is 29.3 Å². The quantitative estimate of drug-likeness (QED) is 0.844. The molecule has 3 N–H and O–H groups in total. The van der Waals surface area contributed by atoms with E-state index in [4.69, 9.17) is 10.3 Å². The van der Waals surface area contributed by atoms with Gasteiger partial charge in [0.25, 0.3) is 0 Å². The highest BCUT2D eigenvalue weighted by Crippen LogP contribution is 2.20. The summed E-state index contributed by atoms with van der Waals surface area (Å²) in [6, 6.07) is 1.31. The van der Waals surface area contributed by atoms with Crippen molar-refractivity contribution < 1.29 is 9.63 Å². The Balaban J connectivity index is 2.35. The molecule has 96 valence electrons. The number of aryl methyl sites for hydroxylation is 2. The summed E-state index contributed by atoms with van der Waals surface area (Å²) in [6.45, 7) is 5.47. The minimum Gasteiger partial charge on any atom is -0.391 e. The standard InChI is InChI=1S/C12H16N4O2/c1-6-4-7(2)10(14-5-6)11-15-12(18-16-11)9(13)8(3)17/h4-5,8-9,17H,13H2,1-3H3/t8-,9+/m1/s1. The number of nitrogens with two attached hydrogens (primary N) is 1. The zero-order valence-electron chi connectivity index (χ0n) is 10.6. The van der Waals surface area contributed by atoms with E-state index in [-0.39, 0.29) is 5.89 Å². The maximum atomic E-state index is 9.38. The van der Waals surface area contributed by atoms with Crippen molar-refractivity contribution in [3.63, 3.8) is 0 Å². The normalized spacial score (nSPS) is 14.5. The van der Waals surface area contributed by atoms with Crippen LogP contribution in [-0.4, -0.2) is 26.3 Å². The van der Waals surface area contributed by atoms with Crippen LogP contribution in [0, 0.1) is 13.8 Å². The smallest absolute Gasteiger partial charge is 0.246 e. The Morgan fingerprint density at radius 3 is 2.72 bits per heavy atom. The molecule has 0 aliphatic rings. The van der Waals surface area contributed by atoms with Crippen molar-refractivity contribution in [2.45, 2.75) is 32.9 Å². The van der Waals surface area contributed by atoms with Gasteiger partial charge >= 0.3 is 0 Å². The largest absolute Gasteiger partial charge is 0.391 e. The molecule has 18 heavy (non-hydrogen) atoms. The van der Waals surface area contributed by atoms with Crippen molar-refractivity contribution in [2.75, 3.05) is 0 Å². The molecule has 0 fully saturated rings. The van der Waals surface area contributed by atoms with Gasteiger partial charge in [-0.1, -0.05) is 11.2 Å². The van der Waals surface area contributed by atoms with Crippen LogP contribution >= 0.6 is 0 Å². The van der Waals surface area contributed by atoms with Crippen LogP contribution in [0.2, 0.25) is 0 Å². The maximum Gasteiger partial charge on any atom is 0.246 e. The Labute approximate surface area is 105 Å². The van der Waals surface area contributed by atoms with Gasteiger partial charge in [0.1, 0.15) is 11.7 Å². The summed E-state index contributed by atoms with van der Waals surface area (Å²) in [5, 5.41) is 13.2. The number of hydrogen-bond acceptors (Lipinski definition) is 6. The van der Waals surface area contributed by atoms with Crippen LogP contribution in [0.15, 0.2) is 16.8 Å². The molecule has 0 unspecified atom stereocenters. The number of hydrogen-bond donors (Lipinski definition) is 2. The number of aliphatic hydroxyl groups is 1. The van der Waals surface area contributed by atoms with E-state index in [2.05, 4.69) is 15.1 Å². The van der Waals surface area contributed by atoms with Crippen molar-refractivity contribution in [1.29, 1.82) is 0 Å². The predicted molar refractivity (Wildman–Crippen MR) is 65.6 cm³/mol. The molecule has 2 heterocycles. The highest BCUT2D eigenvalue weighted by molar-refractivity contribution is 5.54. The lowest BCUT2D eigenvalue weighted by molar-refractivity contribution is 0.146. The molecule has 6 nitrogen and oxygen atoms in total. The fourth-order valence-corrected chi connectivity index (χ4v) is 1.62. The first kappa shape index (κ1) is 12.7. The van der Waals surface area contributed by atoms with Crippen LogP contribution in [0.1, 0.15) is 30.0 Å². The van der Waals surface area contributed by atoms with Gasteiger partial charge in [-0.3, -0.25) is 4.98 Å². The van der Waals surface area contributed by atoms with E-state index >= 15 is 0 Å². The van der Waals surface area contributed by atoms with E-state index in [0.717, 1.165) is 11.1 Å². The van der Waals surface area contributed by atoms with Gasteiger partial charge in [0.15, 0.2) is 0 Å². The van der Waals surface area contributed by atoms with Gasteiger partial charge in [0.2, 0.25) is 11.7 Å². The van der Waals surface area contributed by atoms with Crippen LogP contribution in [0.4, 0.5) is 0 Å². The summed E-state index contributed by atoms with van der Waals surface area (Å²) in [5.74, 6) is 0.598. The van der Waals surface area contributed by atoms with E-state index in [1.54, 1.807) is 13.1 Å². The first-order valence-corrected chi connectivity index (χ1v) is 5.70. The Morgan fingerprint density at radius 1 is 1.39 bits per heavy atom. The second-order valence-electron chi connectivity index (χ2n) is 4.40. The Morgan fingerprint density at radius 2 is 2.11 bits per heavy atom. The lowest BCUT2D eigenvalue weighted by Gasteiger charge is -2.08. The Hall–Kier alpha value is -1.79. The van der Waals surface area contributed by atoms with Crippen LogP contribution < -0.4 is 5.73 Å². The van der Waals surface area contributed by atoms with Gasteiger partial charge in [-0.05, 0) is 31.9 Å². The van der Waals surface area contributed by atoms with E-state index in [9.17, 15) is 5.11 Å². The molecular weight excluding hydrogens is 232 g/mol. The zero-order chi connectivity index (χ0) is 13.3. The van der Waals surface area contributed by atoms with E-state index < -0.39 is 12.1 Å². The predicted octanol–water partition coefficient (Wildman–Crippen LogP) is 1.13. The van der Waals surface area contributed by atoms with Gasteiger partial charge in [-0.15, -0.1) is 0 Å². The molecule has 0 spiro atoms. The molecular formula is C12H16N4O2. The van der Waals surface area contributed by atoms with Crippen molar-refractivity contribution >= 4 is 0 Å². The lowest BCUT2D eigenvalue weighted by Crippen LogP contribution is -2.23. The summed E-state index contributed by atoms with van der Waals surface area (Å²) in [6.07, 6.45) is 0.998. The maximum absolute atomic E-state index is 9.38. The van der Waals surface area contributed by atoms with E-state index in [1.165, 1.54) is 0 Å². The van der Waals surface area contributed by atoms with Gasteiger partial charge in [0, 0.05) is 6.20 Å². The van der Waals surface area contributed by atoms with E-state index in [1.807, 2.05) is 19.9 Å². The molecule has 0 bridgehead atoms. The summed E-state index contributed by atoms with van der Waals surface area (Å²) in [7, 11) is 0. The summed E-state index contributed by atoms with van der Waals surface area (Å²) in [5.41, 5.74) is 8.42. The lowest BCUT2D eigenvalue weighted by atomic mass is 10.1. The molecule has 0 aromatic carbocycles. The molecule has 2 rings (SSSR count). The molecule has 2 atom stereocenters. The molecule has 0 radical (unpaired) electrons. The van der Waals surface area contributed by atoms with Crippen LogP contribution in [0.5, 0.6) is 0 Å². The van der Waals surface area contributed by atoms with E-state index in [0.29, 0.717) is 11.5 Å². The monoisotopic (exact) mass is 248 g/mol. The first-order valence-electron chi connectivity index (χ1n) is 5.70. The third kappa shape index (κ3) is 2.39. The second-order valence-corrected chi connectivity index (χ2v) is 4.40. The SMILES string of the molecule is Cc1cnc(-c2noc([C@@H](N)[C@@H](C)O)n2)c(C)c1. The highest BCUT2D eigenvalue weighted by Gasteiger charge is 2.20. The first-order chi connectivity index (χ1) is 8.49. The third-order valence-electron chi connectivity index (χ3n) is 2.67. The second kappa shape index (κ2) is 4.83. The van der Waals surface area contributed by atoms with Gasteiger partial charge in [0.05, 0.1) is 6.10 Å². The van der Waals surface area contributed by atoms with Crippen molar-refractivity contribution in [3.8, 4) is 11.5 Å². The summed E-state index contributed by atoms with van der Waals surface area (Å²) < 4.78 is 5.04. The molecule has 2 aromatic heterocycles. The minimum atomic E-state index is -0.745. The Bertz CT molecular complexity index is 551. The van der Waals surface area contributed by atoms with Gasteiger partial charge in [-0.2, -0.15) is 4.98 Å². The van der Waals surface area contributed by atoms with Crippen LogP contribution in [0.3, 0.4) is 0 Å². The summed E-state index contributed by atoms with van der Waals surface area (Å²) in [4.78, 5) is 8.44. The average molecular weight is 248 g/mol. The Kier molecular flexibility index (Phi) is 3.40. The molecule has 0 aliphatic heterocycles. The fourth-order valence-electron chi connectivity index (χ4n) is 1.62. The number of rotatable bonds is 3. The molecule has 6 heteroatoms. The van der Waals surface area contributed by atoms with Crippen LogP contribution in [-0.2, 0) is 0 Å². The third-order valence-corrected chi connectivity index (χ3v) is 2.67. The number of aromatic nitrogens is 3. The highest BCUT2D eigenvalue weighted by atomic mass is 16.5. The summed E-state index contributed by atoms with van der Waals surface area (Å²) >= 11 is 0. The number of aliphatic hydroxyl groups excluding tert-OH is 1. The average Bonchev–Trinajstić information content (AvgIpc) is 2.77. The zero-order valence-corrected chi connectivity index (χ0v) is 10.6. The molecule has 0 saturated heterocycles. The number of nitrogens with zero attached hydrogens (tertiary/aromatic N) is 3. The van der Waals surface area contributed by atoms with Gasteiger partial charge in [-0.25, -0.2) is 0 Å². The number of pyridine rings is 1. The molecule has 0 saturated carbocycles. The molecule has 0 amide bonds. The topological polar surface area (TPSA) is 98.1 Å².